The third kappa shape index (κ3) is 3.33. The van der Waals surface area contributed by atoms with Crippen LogP contribution in [0.25, 0.3) is 0 Å². The second-order valence-corrected chi connectivity index (χ2v) is 5.23. The lowest BCUT2D eigenvalue weighted by Crippen LogP contribution is -2.40. The summed E-state index contributed by atoms with van der Waals surface area (Å²) in [6.07, 6.45) is 5.64. The molecule has 0 unspecified atom stereocenters. The number of nitrogens with one attached hydrogen (secondary N) is 1. The molecule has 1 aromatic rings. The van der Waals surface area contributed by atoms with Crippen LogP contribution in [0.5, 0.6) is 0 Å². The molecule has 0 amide bonds. The van der Waals surface area contributed by atoms with E-state index in [4.69, 9.17) is 5.73 Å². The molecule has 0 saturated heterocycles. The highest BCUT2D eigenvalue weighted by Gasteiger charge is 2.31. The van der Waals surface area contributed by atoms with E-state index in [9.17, 15) is 5.11 Å². The van der Waals surface area contributed by atoms with Gasteiger partial charge in [-0.1, -0.05) is 6.92 Å². The predicted molar refractivity (Wildman–Crippen MR) is 69.7 cm³/mol. The molecular weight excluding hydrogens is 214 g/mol. The first-order valence-electron chi connectivity index (χ1n) is 6.25. The lowest BCUT2D eigenvalue weighted by atomic mass is 9.79. The van der Waals surface area contributed by atoms with Crippen molar-refractivity contribution in [3.63, 3.8) is 0 Å². The lowest BCUT2D eigenvalue weighted by Gasteiger charge is -2.35. The maximum atomic E-state index is 10.4. The molecule has 4 N–H and O–H groups in total. The molecule has 1 fully saturated rings. The minimum Gasteiger partial charge on any atom is -0.388 e. The van der Waals surface area contributed by atoms with E-state index < -0.39 is 5.60 Å². The zero-order valence-electron chi connectivity index (χ0n) is 10.3. The average Bonchev–Trinajstić information content (AvgIpc) is 2.31. The molecule has 4 heteroatoms. The fourth-order valence-corrected chi connectivity index (χ4v) is 2.30. The van der Waals surface area contributed by atoms with E-state index in [1.807, 2.05) is 6.07 Å². The molecule has 1 saturated carbocycles. The van der Waals surface area contributed by atoms with Crippen molar-refractivity contribution in [3.8, 4) is 0 Å². The fourth-order valence-electron chi connectivity index (χ4n) is 2.30. The summed E-state index contributed by atoms with van der Waals surface area (Å²) in [5.74, 6) is 1.24. The summed E-state index contributed by atoms with van der Waals surface area (Å²) in [6, 6.07) is 3.65. The topological polar surface area (TPSA) is 71.2 Å². The summed E-state index contributed by atoms with van der Waals surface area (Å²) < 4.78 is 0. The summed E-state index contributed by atoms with van der Waals surface area (Å²) in [7, 11) is 0. The normalized spacial score (nSPS) is 28.9. The Balaban J connectivity index is 1.89. The van der Waals surface area contributed by atoms with Crippen LogP contribution in [-0.2, 0) is 0 Å². The quantitative estimate of drug-likeness (QED) is 0.749. The predicted octanol–water partition coefficient (Wildman–Crippen LogP) is 2.02. The Kier molecular flexibility index (Phi) is 3.52. The molecule has 0 bridgehead atoms. The smallest absolute Gasteiger partial charge is 0.125 e. The molecule has 0 aliphatic heterocycles. The number of pyridine rings is 1. The number of nitrogen functional groups attached to an aromatic ring is 1. The van der Waals surface area contributed by atoms with Crippen LogP contribution in [0.15, 0.2) is 18.3 Å². The number of anilines is 2. The summed E-state index contributed by atoms with van der Waals surface area (Å²) in [5, 5.41) is 13.7. The van der Waals surface area contributed by atoms with Gasteiger partial charge in [0.15, 0.2) is 0 Å². The van der Waals surface area contributed by atoms with Gasteiger partial charge in [0.05, 0.1) is 5.60 Å². The third-order valence-electron chi connectivity index (χ3n) is 3.61. The highest BCUT2D eigenvalue weighted by atomic mass is 16.3. The van der Waals surface area contributed by atoms with Gasteiger partial charge in [-0.15, -0.1) is 0 Å². The summed E-state index contributed by atoms with van der Waals surface area (Å²) in [4.78, 5) is 3.94. The van der Waals surface area contributed by atoms with Crippen molar-refractivity contribution in [3.05, 3.63) is 18.3 Å². The Morgan fingerprint density at radius 3 is 2.88 bits per heavy atom. The van der Waals surface area contributed by atoms with Gasteiger partial charge in [-0.25, -0.2) is 4.98 Å². The van der Waals surface area contributed by atoms with Crippen molar-refractivity contribution in [2.45, 2.75) is 38.2 Å². The van der Waals surface area contributed by atoms with Crippen molar-refractivity contribution >= 4 is 11.5 Å². The number of hydrogen-bond donors (Lipinski definition) is 3. The number of rotatable bonds is 3. The number of nitrogens with two attached hydrogens (primary N) is 1. The molecule has 0 spiro atoms. The van der Waals surface area contributed by atoms with E-state index >= 15 is 0 Å². The first kappa shape index (κ1) is 12.2. The number of aromatic nitrogens is 1. The van der Waals surface area contributed by atoms with Crippen LogP contribution < -0.4 is 11.1 Å². The highest BCUT2D eigenvalue weighted by Crippen LogP contribution is 2.31. The van der Waals surface area contributed by atoms with Gasteiger partial charge in [-0.3, -0.25) is 0 Å². The zero-order valence-corrected chi connectivity index (χ0v) is 10.3. The molecule has 1 aromatic heterocycles. The van der Waals surface area contributed by atoms with Crippen LogP contribution in [0.2, 0.25) is 0 Å². The van der Waals surface area contributed by atoms with E-state index in [1.54, 1.807) is 12.3 Å². The third-order valence-corrected chi connectivity index (χ3v) is 3.61. The zero-order chi connectivity index (χ0) is 12.3. The van der Waals surface area contributed by atoms with Gasteiger partial charge in [0.1, 0.15) is 5.82 Å². The Labute approximate surface area is 102 Å². The minimum atomic E-state index is -0.565. The van der Waals surface area contributed by atoms with Gasteiger partial charge in [0.2, 0.25) is 0 Å². The Hall–Kier alpha value is -1.29. The van der Waals surface area contributed by atoms with Crippen molar-refractivity contribution < 1.29 is 5.11 Å². The fraction of sp³-hybridized carbons (Fsp3) is 0.615. The van der Waals surface area contributed by atoms with Crippen LogP contribution in [0.1, 0.15) is 32.6 Å². The van der Waals surface area contributed by atoms with E-state index in [1.165, 1.54) is 0 Å². The summed E-state index contributed by atoms with van der Waals surface area (Å²) in [6.45, 7) is 2.83. The van der Waals surface area contributed by atoms with E-state index in [2.05, 4.69) is 17.2 Å². The van der Waals surface area contributed by atoms with E-state index in [0.717, 1.165) is 37.3 Å². The van der Waals surface area contributed by atoms with Crippen LogP contribution in [0.4, 0.5) is 11.5 Å². The molecule has 0 aromatic carbocycles. The van der Waals surface area contributed by atoms with Crippen LogP contribution in [0, 0.1) is 5.92 Å². The van der Waals surface area contributed by atoms with E-state index in [-0.39, 0.29) is 0 Å². The lowest BCUT2D eigenvalue weighted by molar-refractivity contribution is 0.00501. The van der Waals surface area contributed by atoms with Gasteiger partial charge in [0.25, 0.3) is 0 Å². The van der Waals surface area contributed by atoms with Crippen LogP contribution in [0.3, 0.4) is 0 Å². The van der Waals surface area contributed by atoms with Gasteiger partial charge < -0.3 is 16.2 Å². The summed E-state index contributed by atoms with van der Waals surface area (Å²) >= 11 is 0. The Bertz CT molecular complexity index is 373. The average molecular weight is 235 g/mol. The minimum absolute atomic E-state index is 0.499. The Morgan fingerprint density at radius 1 is 1.53 bits per heavy atom. The van der Waals surface area contributed by atoms with Crippen molar-refractivity contribution in [2.75, 3.05) is 17.6 Å². The first-order chi connectivity index (χ1) is 8.07. The number of nitrogens with zero attached hydrogens (tertiary/aromatic N) is 1. The molecular formula is C13H21N3O. The van der Waals surface area contributed by atoms with Crippen molar-refractivity contribution in [2.24, 2.45) is 5.92 Å². The molecule has 0 radical (unpaired) electrons. The second kappa shape index (κ2) is 4.92. The molecule has 1 heterocycles. The van der Waals surface area contributed by atoms with Gasteiger partial charge in [-0.2, -0.15) is 0 Å². The van der Waals surface area contributed by atoms with Gasteiger partial charge >= 0.3 is 0 Å². The Morgan fingerprint density at radius 2 is 2.24 bits per heavy atom. The van der Waals surface area contributed by atoms with Crippen LogP contribution >= 0.6 is 0 Å². The monoisotopic (exact) mass is 235 g/mol. The highest BCUT2D eigenvalue weighted by molar-refractivity contribution is 5.49. The number of aliphatic hydroxyl groups is 1. The maximum Gasteiger partial charge on any atom is 0.125 e. The van der Waals surface area contributed by atoms with Gasteiger partial charge in [0, 0.05) is 24.5 Å². The second-order valence-electron chi connectivity index (χ2n) is 5.23. The molecule has 94 valence electrons. The summed E-state index contributed by atoms with van der Waals surface area (Å²) in [5.41, 5.74) is 5.96. The molecule has 1 aliphatic rings. The SMILES string of the molecule is CC1CCC(O)(CNc2ccnc(N)c2)CC1. The maximum absolute atomic E-state index is 10.4. The van der Waals surface area contributed by atoms with Crippen molar-refractivity contribution in [1.29, 1.82) is 0 Å². The molecule has 4 nitrogen and oxygen atoms in total. The molecule has 0 atom stereocenters. The number of hydrogen-bond acceptors (Lipinski definition) is 4. The molecule has 1 aliphatic carbocycles. The first-order valence-corrected chi connectivity index (χ1v) is 6.25. The van der Waals surface area contributed by atoms with Gasteiger partial charge in [-0.05, 0) is 37.7 Å². The molecule has 2 rings (SSSR count). The van der Waals surface area contributed by atoms with Crippen molar-refractivity contribution in [1.82, 2.24) is 4.98 Å². The van der Waals surface area contributed by atoms with E-state index in [0.29, 0.717) is 12.4 Å². The molecule has 17 heavy (non-hydrogen) atoms. The standard InChI is InChI=1S/C13H21N3O/c1-10-2-5-13(17,6-3-10)9-16-11-4-7-15-12(14)8-11/h4,7-8,10,17H,2-3,5-6,9H2,1H3,(H3,14,15,16). The largest absolute Gasteiger partial charge is 0.388 e. The van der Waals surface area contributed by atoms with Crippen LogP contribution in [-0.4, -0.2) is 22.2 Å².